The van der Waals surface area contributed by atoms with Crippen LogP contribution < -0.4 is 5.32 Å². The molecule has 13 heavy (non-hydrogen) atoms. The summed E-state index contributed by atoms with van der Waals surface area (Å²) in [4.78, 5) is 0. The maximum Gasteiger partial charge on any atom is 0.0468 e. The number of hydrogen-bond donors (Lipinski definition) is 2. The van der Waals surface area contributed by atoms with Gasteiger partial charge in [0.15, 0.2) is 0 Å². The maximum absolute atomic E-state index is 11.0. The quantitative estimate of drug-likeness (QED) is 0.593. The van der Waals surface area contributed by atoms with Crippen LogP contribution in [-0.2, 0) is 10.8 Å². The highest BCUT2D eigenvalue weighted by atomic mass is 32.2. The first-order chi connectivity index (χ1) is 6.07. The second kappa shape index (κ2) is 7.47. The lowest BCUT2D eigenvalue weighted by molar-refractivity contribution is 0.234. The SMILES string of the molecule is CC(CO)CNCCC(C)S(C)=O. The predicted molar refractivity (Wildman–Crippen MR) is 57.3 cm³/mol. The fourth-order valence-corrected chi connectivity index (χ4v) is 1.33. The van der Waals surface area contributed by atoms with E-state index in [9.17, 15) is 4.21 Å². The van der Waals surface area contributed by atoms with Crippen molar-refractivity contribution in [1.29, 1.82) is 0 Å². The molecule has 0 saturated heterocycles. The summed E-state index contributed by atoms with van der Waals surface area (Å²) >= 11 is 0. The molecule has 0 radical (unpaired) electrons. The van der Waals surface area contributed by atoms with Gasteiger partial charge in [0, 0.05) is 28.9 Å². The van der Waals surface area contributed by atoms with Crippen LogP contribution in [0.4, 0.5) is 0 Å². The van der Waals surface area contributed by atoms with Gasteiger partial charge in [-0.3, -0.25) is 4.21 Å². The van der Waals surface area contributed by atoms with E-state index in [-0.39, 0.29) is 11.9 Å². The molecule has 80 valence electrons. The zero-order valence-electron chi connectivity index (χ0n) is 8.75. The highest BCUT2D eigenvalue weighted by Gasteiger charge is 2.05. The molecular weight excluding hydrogens is 186 g/mol. The standard InChI is InChI=1S/C9H21NO2S/c1-8(7-11)6-10-5-4-9(2)13(3)12/h8-11H,4-7H2,1-3H3. The molecule has 0 saturated carbocycles. The smallest absolute Gasteiger partial charge is 0.0468 e. The van der Waals surface area contributed by atoms with E-state index in [1.54, 1.807) is 6.26 Å². The van der Waals surface area contributed by atoms with Crippen LogP contribution in [-0.4, -0.2) is 40.5 Å². The van der Waals surface area contributed by atoms with Crippen molar-refractivity contribution in [3.63, 3.8) is 0 Å². The molecule has 2 N–H and O–H groups in total. The summed E-state index contributed by atoms with van der Waals surface area (Å²) in [6.07, 6.45) is 2.67. The van der Waals surface area contributed by atoms with Crippen molar-refractivity contribution in [2.24, 2.45) is 5.92 Å². The van der Waals surface area contributed by atoms with Crippen LogP contribution in [0.3, 0.4) is 0 Å². The summed E-state index contributed by atoms with van der Waals surface area (Å²) in [6, 6.07) is 0. The molecule has 0 heterocycles. The van der Waals surface area contributed by atoms with Gasteiger partial charge in [-0.15, -0.1) is 0 Å². The van der Waals surface area contributed by atoms with Crippen molar-refractivity contribution >= 4 is 10.8 Å². The molecule has 0 amide bonds. The van der Waals surface area contributed by atoms with Gasteiger partial charge in [0.2, 0.25) is 0 Å². The Hall–Kier alpha value is 0.0700. The van der Waals surface area contributed by atoms with Crippen LogP contribution in [0.15, 0.2) is 0 Å². The predicted octanol–water partition coefficient (Wildman–Crippen LogP) is 0.361. The van der Waals surface area contributed by atoms with Crippen LogP contribution in [0.5, 0.6) is 0 Å². The minimum absolute atomic E-state index is 0.224. The van der Waals surface area contributed by atoms with Gasteiger partial charge in [0.05, 0.1) is 0 Å². The Morgan fingerprint density at radius 3 is 2.54 bits per heavy atom. The fourth-order valence-electron chi connectivity index (χ4n) is 0.884. The first-order valence-corrected chi connectivity index (χ1v) is 6.33. The Kier molecular flexibility index (Phi) is 7.51. The molecular formula is C9H21NO2S. The number of aliphatic hydroxyl groups excluding tert-OH is 1. The lowest BCUT2D eigenvalue weighted by Crippen LogP contribution is -2.26. The Labute approximate surface area is 83.4 Å². The van der Waals surface area contributed by atoms with Crippen molar-refractivity contribution in [2.45, 2.75) is 25.5 Å². The van der Waals surface area contributed by atoms with Crippen LogP contribution >= 0.6 is 0 Å². The number of nitrogens with one attached hydrogen (secondary N) is 1. The summed E-state index contributed by atoms with van der Waals surface area (Å²) < 4.78 is 11.0. The summed E-state index contributed by atoms with van der Waals surface area (Å²) in [5.41, 5.74) is 0. The lowest BCUT2D eigenvalue weighted by Gasteiger charge is -2.11. The monoisotopic (exact) mass is 207 g/mol. The minimum Gasteiger partial charge on any atom is -0.396 e. The zero-order valence-corrected chi connectivity index (χ0v) is 9.56. The molecule has 0 aliphatic rings. The van der Waals surface area contributed by atoms with Crippen LogP contribution in [0.25, 0.3) is 0 Å². The third-order valence-electron chi connectivity index (χ3n) is 2.10. The van der Waals surface area contributed by atoms with Gasteiger partial charge in [-0.25, -0.2) is 0 Å². The first kappa shape index (κ1) is 13.1. The van der Waals surface area contributed by atoms with Gasteiger partial charge >= 0.3 is 0 Å². The average Bonchev–Trinajstić information content (AvgIpc) is 2.11. The normalized spacial score (nSPS) is 18.2. The molecule has 3 nitrogen and oxygen atoms in total. The third-order valence-corrected chi connectivity index (χ3v) is 3.47. The third kappa shape index (κ3) is 7.16. The molecule has 0 aliphatic carbocycles. The van der Waals surface area contributed by atoms with Gasteiger partial charge in [0.25, 0.3) is 0 Å². The molecule has 0 aromatic carbocycles. The highest BCUT2D eigenvalue weighted by Crippen LogP contribution is 1.97. The Morgan fingerprint density at radius 1 is 1.46 bits per heavy atom. The van der Waals surface area contributed by atoms with Gasteiger partial charge in [-0.2, -0.15) is 0 Å². The topological polar surface area (TPSA) is 49.3 Å². The van der Waals surface area contributed by atoms with E-state index in [0.717, 1.165) is 19.5 Å². The molecule has 0 fully saturated rings. The average molecular weight is 207 g/mol. The lowest BCUT2D eigenvalue weighted by atomic mass is 10.2. The highest BCUT2D eigenvalue weighted by molar-refractivity contribution is 7.84. The Bertz CT molecular complexity index is 153. The van der Waals surface area contributed by atoms with Gasteiger partial charge < -0.3 is 10.4 Å². The van der Waals surface area contributed by atoms with E-state index in [2.05, 4.69) is 5.32 Å². The summed E-state index contributed by atoms with van der Waals surface area (Å²) in [7, 11) is -0.716. The largest absolute Gasteiger partial charge is 0.396 e. The van der Waals surface area contributed by atoms with E-state index in [4.69, 9.17) is 5.11 Å². The second-order valence-electron chi connectivity index (χ2n) is 3.59. The molecule has 4 heteroatoms. The number of hydrogen-bond acceptors (Lipinski definition) is 3. The van der Waals surface area contributed by atoms with Crippen molar-refractivity contribution in [1.82, 2.24) is 5.32 Å². The van der Waals surface area contributed by atoms with E-state index in [1.165, 1.54) is 0 Å². The van der Waals surface area contributed by atoms with Crippen LogP contribution in [0, 0.1) is 5.92 Å². The number of aliphatic hydroxyl groups is 1. The Balaban J connectivity index is 3.30. The van der Waals surface area contributed by atoms with Gasteiger partial charge in [-0.05, 0) is 25.4 Å². The van der Waals surface area contributed by atoms with Crippen molar-refractivity contribution < 1.29 is 9.32 Å². The summed E-state index contributed by atoms with van der Waals surface area (Å²) in [6.45, 7) is 5.93. The molecule has 0 aromatic rings. The zero-order chi connectivity index (χ0) is 10.3. The molecule has 0 aliphatic heterocycles. The minimum atomic E-state index is -0.716. The molecule has 0 rings (SSSR count). The fraction of sp³-hybridized carbons (Fsp3) is 1.00. The molecule has 3 unspecified atom stereocenters. The van der Waals surface area contributed by atoms with Crippen molar-refractivity contribution in [3.05, 3.63) is 0 Å². The van der Waals surface area contributed by atoms with E-state index >= 15 is 0 Å². The van der Waals surface area contributed by atoms with Crippen molar-refractivity contribution in [3.8, 4) is 0 Å². The van der Waals surface area contributed by atoms with Crippen LogP contribution in [0.2, 0.25) is 0 Å². The maximum atomic E-state index is 11.0. The van der Waals surface area contributed by atoms with Gasteiger partial charge in [-0.1, -0.05) is 13.8 Å². The van der Waals surface area contributed by atoms with E-state index < -0.39 is 10.8 Å². The van der Waals surface area contributed by atoms with E-state index in [1.807, 2.05) is 13.8 Å². The summed E-state index contributed by atoms with van der Waals surface area (Å²) in [5, 5.41) is 12.2. The molecule has 0 aromatic heterocycles. The van der Waals surface area contributed by atoms with E-state index in [0.29, 0.717) is 5.92 Å². The van der Waals surface area contributed by atoms with Crippen LogP contribution in [0.1, 0.15) is 20.3 Å². The second-order valence-corrected chi connectivity index (χ2v) is 5.39. The first-order valence-electron chi connectivity index (χ1n) is 4.71. The Morgan fingerprint density at radius 2 is 2.08 bits per heavy atom. The number of rotatable bonds is 7. The van der Waals surface area contributed by atoms with Gasteiger partial charge in [0.1, 0.15) is 0 Å². The summed E-state index contributed by atoms with van der Waals surface area (Å²) in [5.74, 6) is 0.308. The van der Waals surface area contributed by atoms with Crippen molar-refractivity contribution in [2.75, 3.05) is 26.0 Å². The molecule has 0 bridgehead atoms. The molecule has 0 spiro atoms. The molecule has 3 atom stereocenters.